The summed E-state index contributed by atoms with van der Waals surface area (Å²) >= 11 is 1.93. The van der Waals surface area contributed by atoms with Crippen LogP contribution in [0, 0.1) is 0 Å². The van der Waals surface area contributed by atoms with Gasteiger partial charge in [-0.05, 0) is 81.4 Å². The van der Waals surface area contributed by atoms with E-state index < -0.39 is 5.41 Å². The number of hydrogen-bond acceptors (Lipinski definition) is 2. The Morgan fingerprint density at radius 3 is 1.76 bits per heavy atom. The number of thiophene rings is 1. The molecule has 8 aromatic rings. The molecule has 45 heavy (non-hydrogen) atoms. The first-order chi connectivity index (χ1) is 22.3. The maximum Gasteiger partial charge on any atom is 0.0726 e. The van der Waals surface area contributed by atoms with Crippen LogP contribution in [0.5, 0.6) is 0 Å². The first-order valence-corrected chi connectivity index (χ1v) is 16.3. The molecule has 0 N–H and O–H groups in total. The van der Waals surface area contributed by atoms with Crippen molar-refractivity contribution in [2.24, 2.45) is 0 Å². The molecule has 0 saturated carbocycles. The molecule has 2 aliphatic carbocycles. The monoisotopic (exact) mass is 589 g/mol. The van der Waals surface area contributed by atoms with E-state index in [9.17, 15) is 0 Å². The quantitative estimate of drug-likeness (QED) is 0.198. The lowest BCUT2D eigenvalue weighted by molar-refractivity contribution is 0.794. The molecule has 0 aliphatic heterocycles. The minimum atomic E-state index is -0.405. The molecule has 0 amide bonds. The van der Waals surface area contributed by atoms with Crippen molar-refractivity contribution in [2.45, 2.75) is 5.41 Å². The maximum absolute atomic E-state index is 2.47. The van der Waals surface area contributed by atoms with Crippen molar-refractivity contribution in [2.75, 3.05) is 4.90 Å². The van der Waals surface area contributed by atoms with E-state index in [1.807, 2.05) is 11.3 Å². The second-order valence-corrected chi connectivity index (χ2v) is 13.1. The molecule has 210 valence electrons. The fraction of sp³-hybridized carbons (Fsp3) is 0.0233. The zero-order valence-corrected chi connectivity index (χ0v) is 25.3. The largest absolute Gasteiger partial charge is 0.310 e. The molecule has 10 rings (SSSR count). The molecule has 1 aromatic heterocycles. The minimum absolute atomic E-state index is 0.405. The van der Waals surface area contributed by atoms with Crippen molar-refractivity contribution in [1.82, 2.24) is 0 Å². The highest BCUT2D eigenvalue weighted by atomic mass is 32.1. The van der Waals surface area contributed by atoms with E-state index >= 15 is 0 Å². The summed E-state index contributed by atoms with van der Waals surface area (Å²) in [6.45, 7) is 0. The lowest BCUT2D eigenvalue weighted by Gasteiger charge is -2.32. The molecule has 0 saturated heterocycles. The Morgan fingerprint density at radius 2 is 1.00 bits per heavy atom. The molecular weight excluding hydrogens is 563 g/mol. The highest BCUT2D eigenvalue weighted by Crippen LogP contribution is 2.65. The van der Waals surface area contributed by atoms with E-state index in [0.29, 0.717) is 0 Å². The van der Waals surface area contributed by atoms with Gasteiger partial charge in [0.1, 0.15) is 0 Å². The van der Waals surface area contributed by atoms with E-state index in [0.717, 1.165) is 17.1 Å². The highest BCUT2D eigenvalue weighted by Gasteiger charge is 2.52. The summed E-state index contributed by atoms with van der Waals surface area (Å²) in [4.78, 5) is 2.38. The van der Waals surface area contributed by atoms with Gasteiger partial charge in [0.15, 0.2) is 0 Å². The topological polar surface area (TPSA) is 3.24 Å². The predicted octanol–water partition coefficient (Wildman–Crippen LogP) is 11.9. The van der Waals surface area contributed by atoms with Gasteiger partial charge in [-0.25, -0.2) is 0 Å². The van der Waals surface area contributed by atoms with Gasteiger partial charge in [0.25, 0.3) is 0 Å². The van der Waals surface area contributed by atoms with Crippen molar-refractivity contribution in [1.29, 1.82) is 0 Å². The van der Waals surface area contributed by atoms with E-state index in [4.69, 9.17) is 0 Å². The van der Waals surface area contributed by atoms with E-state index in [1.165, 1.54) is 64.7 Å². The van der Waals surface area contributed by atoms with Crippen LogP contribution in [0.3, 0.4) is 0 Å². The van der Waals surface area contributed by atoms with Gasteiger partial charge in [-0.2, -0.15) is 0 Å². The summed E-state index contributed by atoms with van der Waals surface area (Å²) in [5, 5.41) is 2.69. The summed E-state index contributed by atoms with van der Waals surface area (Å²) in [5.41, 5.74) is 13.9. The third kappa shape index (κ3) is 3.27. The Bertz CT molecular complexity index is 2400. The SMILES string of the molecule is c1ccc(N(c2ccccc2)c2ccc3c(c2)C2(c4ccccc4-3)c3ccccc3-c3c2ccc2c3sc3ccccc32)cc1. The maximum atomic E-state index is 2.47. The summed E-state index contributed by atoms with van der Waals surface area (Å²) in [6, 6.07) is 60.5. The van der Waals surface area contributed by atoms with Crippen LogP contribution in [0.4, 0.5) is 17.1 Å². The second kappa shape index (κ2) is 9.28. The van der Waals surface area contributed by atoms with Crippen LogP contribution >= 0.6 is 11.3 Å². The first kappa shape index (κ1) is 24.9. The van der Waals surface area contributed by atoms with Crippen molar-refractivity contribution in [3.05, 3.63) is 186 Å². The highest BCUT2D eigenvalue weighted by molar-refractivity contribution is 7.26. The smallest absolute Gasteiger partial charge is 0.0726 e. The Hall–Kier alpha value is -5.44. The van der Waals surface area contributed by atoms with Gasteiger partial charge in [0, 0.05) is 42.8 Å². The number of nitrogens with zero attached hydrogens (tertiary/aromatic N) is 1. The van der Waals surface area contributed by atoms with Gasteiger partial charge in [0.05, 0.1) is 5.41 Å². The molecular formula is C43H27NS. The van der Waals surface area contributed by atoms with Crippen LogP contribution in [0.15, 0.2) is 164 Å². The molecule has 1 spiro atoms. The van der Waals surface area contributed by atoms with Crippen LogP contribution < -0.4 is 4.90 Å². The third-order valence-electron chi connectivity index (χ3n) is 9.87. The molecule has 1 heterocycles. The van der Waals surface area contributed by atoms with Gasteiger partial charge in [-0.1, -0.05) is 121 Å². The van der Waals surface area contributed by atoms with Crippen molar-refractivity contribution in [3.63, 3.8) is 0 Å². The molecule has 0 fully saturated rings. The van der Waals surface area contributed by atoms with Crippen LogP contribution in [0.1, 0.15) is 22.3 Å². The molecule has 1 atom stereocenters. The van der Waals surface area contributed by atoms with Gasteiger partial charge in [-0.15, -0.1) is 11.3 Å². The average molecular weight is 590 g/mol. The summed E-state index contributed by atoms with van der Waals surface area (Å²) in [6.07, 6.45) is 0. The van der Waals surface area contributed by atoms with Gasteiger partial charge in [0.2, 0.25) is 0 Å². The second-order valence-electron chi connectivity index (χ2n) is 12.0. The number of hydrogen-bond donors (Lipinski definition) is 0. The first-order valence-electron chi connectivity index (χ1n) is 15.5. The van der Waals surface area contributed by atoms with Crippen LogP contribution in [0.2, 0.25) is 0 Å². The molecule has 0 bridgehead atoms. The van der Waals surface area contributed by atoms with E-state index in [2.05, 4.69) is 169 Å². The lowest BCUT2D eigenvalue weighted by atomic mass is 9.70. The molecule has 1 nitrogen and oxygen atoms in total. The van der Waals surface area contributed by atoms with E-state index in [-0.39, 0.29) is 0 Å². The predicted molar refractivity (Wildman–Crippen MR) is 190 cm³/mol. The fourth-order valence-corrected chi connectivity index (χ4v) is 9.39. The number of rotatable bonds is 3. The molecule has 2 heteroatoms. The number of fused-ring (bicyclic) bond motifs is 14. The third-order valence-corrected chi connectivity index (χ3v) is 11.1. The van der Waals surface area contributed by atoms with Gasteiger partial charge < -0.3 is 4.90 Å². The standard InChI is InChI=1S/C43H27NS/c1-3-13-28(14-4-1)44(29-15-5-2-6-16-29)30-23-24-32-31-17-7-10-20-36(31)43(39(32)27-30)37-21-11-8-19-35(37)41-38(43)26-25-34-33-18-9-12-22-40(33)45-42(34)41/h1-27H. The summed E-state index contributed by atoms with van der Waals surface area (Å²) in [5.74, 6) is 0. The molecule has 0 radical (unpaired) electrons. The van der Waals surface area contributed by atoms with Gasteiger partial charge in [-0.3, -0.25) is 0 Å². The minimum Gasteiger partial charge on any atom is -0.310 e. The summed E-state index contributed by atoms with van der Waals surface area (Å²) in [7, 11) is 0. The van der Waals surface area contributed by atoms with E-state index in [1.54, 1.807) is 0 Å². The Balaban J connectivity index is 1.32. The Morgan fingerprint density at radius 1 is 0.400 bits per heavy atom. The van der Waals surface area contributed by atoms with Crippen molar-refractivity contribution < 1.29 is 0 Å². The summed E-state index contributed by atoms with van der Waals surface area (Å²) < 4.78 is 2.73. The molecule has 1 unspecified atom stereocenters. The zero-order valence-electron chi connectivity index (χ0n) is 24.4. The zero-order chi connectivity index (χ0) is 29.5. The molecule has 2 aliphatic rings. The Kier molecular flexibility index (Phi) is 5.14. The van der Waals surface area contributed by atoms with Crippen LogP contribution in [-0.4, -0.2) is 0 Å². The van der Waals surface area contributed by atoms with Crippen molar-refractivity contribution >= 4 is 48.6 Å². The lowest BCUT2D eigenvalue weighted by Crippen LogP contribution is -2.26. The van der Waals surface area contributed by atoms with Crippen LogP contribution in [-0.2, 0) is 5.41 Å². The number of benzene rings is 7. The number of anilines is 3. The average Bonchev–Trinajstić information content (AvgIpc) is 3.73. The van der Waals surface area contributed by atoms with Crippen molar-refractivity contribution in [3.8, 4) is 22.3 Å². The molecule has 7 aromatic carbocycles. The van der Waals surface area contributed by atoms with Crippen LogP contribution in [0.25, 0.3) is 42.4 Å². The van der Waals surface area contributed by atoms with Gasteiger partial charge >= 0.3 is 0 Å². The fourth-order valence-electron chi connectivity index (χ4n) is 8.13. The number of para-hydroxylation sites is 2. The normalized spacial score (nSPS) is 15.6. The Labute approximate surface area is 266 Å².